The van der Waals surface area contributed by atoms with Crippen molar-refractivity contribution in [3.63, 3.8) is 0 Å². The number of aliphatic hydroxyl groups is 1. The Bertz CT molecular complexity index is 746. The number of aliphatic hydroxyl groups excluding tert-OH is 1. The standard InChI is InChI=1S/C15H19N5O/c1-3-9(2)19-8-12(21)13(14(19)16)15-18-10-6-4-5-7-11(10)20(15)17/h4-7,9,16,21H,3,8,17H2,1-2H3. The van der Waals surface area contributed by atoms with Crippen molar-refractivity contribution in [2.75, 3.05) is 12.4 Å². The van der Waals surface area contributed by atoms with E-state index in [-0.39, 0.29) is 17.6 Å². The van der Waals surface area contributed by atoms with Gasteiger partial charge in [0, 0.05) is 6.04 Å². The molecule has 1 atom stereocenters. The van der Waals surface area contributed by atoms with Gasteiger partial charge in [-0.2, -0.15) is 0 Å². The maximum atomic E-state index is 10.3. The molecule has 0 saturated heterocycles. The van der Waals surface area contributed by atoms with Crippen LogP contribution in [-0.2, 0) is 0 Å². The van der Waals surface area contributed by atoms with E-state index in [4.69, 9.17) is 11.3 Å². The molecule has 110 valence electrons. The zero-order valence-corrected chi connectivity index (χ0v) is 12.2. The van der Waals surface area contributed by atoms with E-state index < -0.39 is 0 Å². The van der Waals surface area contributed by atoms with Crippen LogP contribution in [0.5, 0.6) is 0 Å². The van der Waals surface area contributed by atoms with Crippen molar-refractivity contribution in [1.82, 2.24) is 14.6 Å². The number of nitrogens with zero attached hydrogens (tertiary/aromatic N) is 3. The Morgan fingerprint density at radius 2 is 2.14 bits per heavy atom. The first-order chi connectivity index (χ1) is 10.0. The molecule has 1 aliphatic rings. The van der Waals surface area contributed by atoms with Crippen molar-refractivity contribution in [2.45, 2.75) is 26.3 Å². The molecule has 0 fully saturated rings. The molecule has 1 unspecified atom stereocenters. The molecule has 4 N–H and O–H groups in total. The average Bonchev–Trinajstić information content (AvgIpc) is 2.96. The number of hydrogen-bond donors (Lipinski definition) is 3. The van der Waals surface area contributed by atoms with E-state index in [0.717, 1.165) is 17.5 Å². The first kappa shape index (κ1) is 13.5. The van der Waals surface area contributed by atoms with Crippen LogP contribution in [-0.4, -0.2) is 38.1 Å². The minimum Gasteiger partial charge on any atom is -0.510 e. The number of benzene rings is 1. The minimum atomic E-state index is 0.155. The van der Waals surface area contributed by atoms with Gasteiger partial charge in [0.1, 0.15) is 17.2 Å². The highest BCUT2D eigenvalue weighted by Gasteiger charge is 2.33. The molecule has 6 heteroatoms. The van der Waals surface area contributed by atoms with E-state index in [0.29, 0.717) is 17.9 Å². The van der Waals surface area contributed by atoms with Crippen LogP contribution in [0.2, 0.25) is 0 Å². The predicted molar refractivity (Wildman–Crippen MR) is 83.6 cm³/mol. The van der Waals surface area contributed by atoms with Crippen LogP contribution in [0.1, 0.15) is 26.1 Å². The van der Waals surface area contributed by atoms with E-state index in [1.807, 2.05) is 36.1 Å². The second kappa shape index (κ2) is 4.80. The highest BCUT2D eigenvalue weighted by molar-refractivity contribution is 6.23. The molecule has 0 aliphatic carbocycles. The third-order valence-corrected chi connectivity index (χ3v) is 4.08. The number of imidazole rings is 1. The van der Waals surface area contributed by atoms with Crippen molar-refractivity contribution < 1.29 is 5.11 Å². The van der Waals surface area contributed by atoms with Gasteiger partial charge in [0.2, 0.25) is 0 Å². The van der Waals surface area contributed by atoms with Crippen LogP contribution < -0.4 is 5.84 Å². The lowest BCUT2D eigenvalue weighted by atomic mass is 10.2. The number of para-hydroxylation sites is 2. The van der Waals surface area contributed by atoms with Crippen LogP contribution in [0.15, 0.2) is 30.0 Å². The number of hydrogen-bond acceptors (Lipinski definition) is 4. The Labute approximate surface area is 123 Å². The van der Waals surface area contributed by atoms with Gasteiger partial charge in [-0.1, -0.05) is 19.1 Å². The van der Waals surface area contributed by atoms with Crippen LogP contribution in [0.25, 0.3) is 16.6 Å². The third kappa shape index (κ3) is 1.94. The Morgan fingerprint density at radius 3 is 2.81 bits per heavy atom. The third-order valence-electron chi connectivity index (χ3n) is 4.08. The van der Waals surface area contributed by atoms with E-state index >= 15 is 0 Å². The maximum Gasteiger partial charge on any atom is 0.166 e. The zero-order chi connectivity index (χ0) is 15.1. The Kier molecular flexibility index (Phi) is 3.08. The van der Waals surface area contributed by atoms with E-state index in [1.165, 1.54) is 4.68 Å². The monoisotopic (exact) mass is 285 g/mol. The molecule has 6 nitrogen and oxygen atoms in total. The van der Waals surface area contributed by atoms with Gasteiger partial charge in [0.25, 0.3) is 0 Å². The van der Waals surface area contributed by atoms with Crippen LogP contribution in [0.4, 0.5) is 0 Å². The fourth-order valence-corrected chi connectivity index (χ4v) is 2.65. The number of aromatic nitrogens is 2. The van der Waals surface area contributed by atoms with Crippen molar-refractivity contribution in [3.8, 4) is 0 Å². The molecule has 0 bridgehead atoms. The highest BCUT2D eigenvalue weighted by atomic mass is 16.3. The zero-order valence-electron chi connectivity index (χ0n) is 12.2. The van der Waals surface area contributed by atoms with Crippen LogP contribution in [0.3, 0.4) is 0 Å². The normalized spacial score (nSPS) is 17.0. The van der Waals surface area contributed by atoms with Crippen molar-refractivity contribution >= 4 is 22.4 Å². The number of fused-ring (bicyclic) bond motifs is 1. The highest BCUT2D eigenvalue weighted by Crippen LogP contribution is 2.29. The van der Waals surface area contributed by atoms with Gasteiger partial charge in [-0.05, 0) is 25.5 Å². The summed E-state index contributed by atoms with van der Waals surface area (Å²) in [6.45, 7) is 4.44. The summed E-state index contributed by atoms with van der Waals surface area (Å²) in [7, 11) is 0. The first-order valence-corrected chi connectivity index (χ1v) is 7.05. The Balaban J connectivity index is 2.08. The smallest absolute Gasteiger partial charge is 0.166 e. The molecule has 0 radical (unpaired) electrons. The molecule has 0 spiro atoms. The van der Waals surface area contributed by atoms with Crippen LogP contribution in [0, 0.1) is 5.41 Å². The predicted octanol–water partition coefficient (Wildman–Crippen LogP) is 2.11. The van der Waals surface area contributed by atoms with Crippen molar-refractivity contribution in [2.24, 2.45) is 0 Å². The summed E-state index contributed by atoms with van der Waals surface area (Å²) in [6, 6.07) is 7.70. The molecule has 3 rings (SSSR count). The second-order valence-corrected chi connectivity index (χ2v) is 5.35. The van der Waals surface area contributed by atoms with E-state index in [1.54, 1.807) is 0 Å². The molecule has 1 aromatic carbocycles. The summed E-state index contributed by atoms with van der Waals surface area (Å²) in [6.07, 6.45) is 0.905. The minimum absolute atomic E-state index is 0.155. The fourth-order valence-electron chi connectivity index (χ4n) is 2.65. The Morgan fingerprint density at radius 1 is 1.43 bits per heavy atom. The molecule has 0 saturated carbocycles. The number of rotatable bonds is 3. The molecule has 21 heavy (non-hydrogen) atoms. The molecular weight excluding hydrogens is 266 g/mol. The van der Waals surface area contributed by atoms with Gasteiger partial charge in [-0.25, -0.2) is 9.66 Å². The largest absolute Gasteiger partial charge is 0.510 e. The number of nitrogens with two attached hydrogens (primary N) is 1. The molecule has 2 heterocycles. The first-order valence-electron chi connectivity index (χ1n) is 7.05. The number of nitrogens with one attached hydrogen (secondary N) is 1. The summed E-state index contributed by atoms with van der Waals surface area (Å²) in [5, 5.41) is 18.6. The van der Waals surface area contributed by atoms with E-state index in [9.17, 15) is 5.11 Å². The Hall–Kier alpha value is -2.50. The van der Waals surface area contributed by atoms with E-state index in [2.05, 4.69) is 11.9 Å². The molecule has 1 aliphatic heterocycles. The maximum absolute atomic E-state index is 10.3. The molecule has 1 aromatic heterocycles. The summed E-state index contributed by atoms with van der Waals surface area (Å²) >= 11 is 0. The quantitative estimate of drug-likeness (QED) is 0.753. The SMILES string of the molecule is CCC(C)N1CC(O)=C(c2nc3ccccc3n2N)C1=N. The summed E-state index contributed by atoms with van der Waals surface area (Å²) in [5.41, 5.74) is 1.96. The van der Waals surface area contributed by atoms with Gasteiger partial charge in [-0.15, -0.1) is 0 Å². The molecule has 2 aromatic rings. The van der Waals surface area contributed by atoms with Crippen LogP contribution >= 0.6 is 0 Å². The van der Waals surface area contributed by atoms with Crippen molar-refractivity contribution in [3.05, 3.63) is 35.8 Å². The van der Waals surface area contributed by atoms with Gasteiger partial charge in [0.15, 0.2) is 5.82 Å². The van der Waals surface area contributed by atoms with Gasteiger partial charge in [0.05, 0.1) is 17.6 Å². The average molecular weight is 285 g/mol. The lowest BCUT2D eigenvalue weighted by molar-refractivity contribution is 0.301. The van der Waals surface area contributed by atoms with Crippen molar-refractivity contribution in [1.29, 1.82) is 5.41 Å². The van der Waals surface area contributed by atoms with Gasteiger partial charge >= 0.3 is 0 Å². The molecular formula is C15H19N5O. The topological polar surface area (TPSA) is 91.2 Å². The second-order valence-electron chi connectivity index (χ2n) is 5.35. The van der Waals surface area contributed by atoms with Gasteiger partial charge < -0.3 is 15.8 Å². The summed E-state index contributed by atoms with van der Waals surface area (Å²) in [5.74, 6) is 6.96. The fraction of sp³-hybridized carbons (Fsp3) is 0.333. The van der Waals surface area contributed by atoms with Gasteiger partial charge in [-0.3, -0.25) is 5.41 Å². The number of nitrogen functional groups attached to an aromatic ring is 1. The lowest BCUT2D eigenvalue weighted by Gasteiger charge is -2.25. The summed E-state index contributed by atoms with van der Waals surface area (Å²) in [4.78, 5) is 6.33. The lowest BCUT2D eigenvalue weighted by Crippen LogP contribution is -2.35. The molecule has 0 amide bonds. The number of amidine groups is 1. The summed E-state index contributed by atoms with van der Waals surface area (Å²) < 4.78 is 1.44.